The van der Waals surface area contributed by atoms with Crippen molar-refractivity contribution < 1.29 is 19.2 Å². The van der Waals surface area contributed by atoms with Crippen LogP contribution in [-0.2, 0) is 4.74 Å². The van der Waals surface area contributed by atoms with Gasteiger partial charge in [-0.3, -0.25) is 34.8 Å². The smallest absolute Gasteiger partial charge is 0.293 e. The first-order valence-corrected chi connectivity index (χ1v) is 22.8. The van der Waals surface area contributed by atoms with Crippen LogP contribution >= 0.6 is 11.9 Å². The summed E-state index contributed by atoms with van der Waals surface area (Å²) < 4.78 is 14.7. The van der Waals surface area contributed by atoms with E-state index in [1.54, 1.807) is 38.6 Å². The Hall–Kier alpha value is -6.10. The number of carbonyl (C=O) groups is 1. The minimum absolute atomic E-state index is 0.0763. The van der Waals surface area contributed by atoms with Gasteiger partial charge in [0.1, 0.15) is 22.8 Å². The summed E-state index contributed by atoms with van der Waals surface area (Å²) in [4.78, 5) is 40.8. The lowest BCUT2D eigenvalue weighted by molar-refractivity contribution is -0.384. The van der Waals surface area contributed by atoms with Crippen LogP contribution in [0.3, 0.4) is 0 Å². The lowest BCUT2D eigenvalue weighted by atomic mass is 9.59. The van der Waals surface area contributed by atoms with Gasteiger partial charge in [-0.05, 0) is 96.5 Å². The zero-order chi connectivity index (χ0) is 45.0. The number of fused-ring (bicyclic) bond motifs is 1. The van der Waals surface area contributed by atoms with Crippen LogP contribution in [0.4, 0.5) is 17.1 Å². The molecule has 5 N–H and O–H groups in total. The molecule has 336 valence electrons. The van der Waals surface area contributed by atoms with Crippen LogP contribution in [0.15, 0.2) is 102 Å². The largest absolute Gasteiger partial charge is 0.481 e. The van der Waals surface area contributed by atoms with Gasteiger partial charge in [0.15, 0.2) is 0 Å². The summed E-state index contributed by atoms with van der Waals surface area (Å²) in [5, 5.41) is 26.9. The fraction of sp³-hybridized carbons (Fsp3) is 0.396. The van der Waals surface area contributed by atoms with Gasteiger partial charge in [-0.25, -0.2) is 4.98 Å². The number of nitro groups is 1. The maximum atomic E-state index is 13.8. The van der Waals surface area contributed by atoms with Gasteiger partial charge in [0.25, 0.3) is 11.6 Å². The predicted molar refractivity (Wildman–Crippen MR) is 254 cm³/mol. The molecule has 1 aliphatic carbocycles. The average molecular weight is 887 g/mol. The zero-order valence-electron chi connectivity index (χ0n) is 37.1. The number of nitrogens with one attached hydrogen (secondary N) is 5. The number of aromatic amines is 1. The molecule has 2 saturated heterocycles. The Morgan fingerprint density at radius 3 is 2.59 bits per heavy atom. The van der Waals surface area contributed by atoms with Crippen molar-refractivity contribution in [1.82, 2.24) is 29.8 Å². The highest BCUT2D eigenvalue weighted by Crippen LogP contribution is 2.53. The summed E-state index contributed by atoms with van der Waals surface area (Å²) in [5.74, 6) is 1.11. The monoisotopic (exact) mass is 886 g/mol. The van der Waals surface area contributed by atoms with Crippen LogP contribution in [0.5, 0.6) is 11.5 Å². The highest BCUT2D eigenvalue weighted by atomic mass is 32.2. The Bertz CT molecular complexity index is 2530. The third-order valence-corrected chi connectivity index (χ3v) is 14.0. The number of amides is 1. The lowest BCUT2D eigenvalue weighted by Gasteiger charge is -2.58. The Balaban J connectivity index is 0.965. The molecular formula is C48H58N10O5S. The van der Waals surface area contributed by atoms with E-state index in [-0.39, 0.29) is 28.9 Å². The summed E-state index contributed by atoms with van der Waals surface area (Å²) >= 11 is 1.01. The lowest BCUT2D eigenvalue weighted by Crippen LogP contribution is -2.60. The molecule has 4 heterocycles. The number of nitro benzene ring substituents is 1. The number of piperidine rings is 1. The number of hydrogen-bond donors (Lipinski definition) is 5. The predicted octanol–water partition coefficient (Wildman–Crippen LogP) is 8.70. The number of piperazine rings is 1. The maximum absolute atomic E-state index is 13.8. The summed E-state index contributed by atoms with van der Waals surface area (Å²) in [6.45, 7) is 9.78. The van der Waals surface area contributed by atoms with Crippen LogP contribution in [-0.4, -0.2) is 103 Å². The molecule has 15 nitrogen and oxygen atoms in total. The van der Waals surface area contributed by atoms with Gasteiger partial charge >= 0.3 is 0 Å². The third-order valence-electron chi connectivity index (χ3n) is 13.2. The minimum atomic E-state index is -0.450. The van der Waals surface area contributed by atoms with Crippen LogP contribution < -0.4 is 25.0 Å². The minimum Gasteiger partial charge on any atom is -0.481 e. The first-order valence-electron chi connectivity index (χ1n) is 22.0. The van der Waals surface area contributed by atoms with E-state index in [2.05, 4.69) is 78.1 Å². The van der Waals surface area contributed by atoms with E-state index in [0.717, 1.165) is 79.8 Å². The number of methoxy groups -OCH3 is 1. The molecule has 1 atom stereocenters. The fourth-order valence-electron chi connectivity index (χ4n) is 9.78. The molecular weight excluding hydrogens is 829 g/mol. The molecule has 16 heteroatoms. The first-order chi connectivity index (χ1) is 31.0. The molecule has 1 spiro atoms. The van der Waals surface area contributed by atoms with E-state index in [9.17, 15) is 14.9 Å². The van der Waals surface area contributed by atoms with Crippen molar-refractivity contribution in [1.29, 1.82) is 5.41 Å². The number of ether oxygens (including phenoxy) is 2. The quantitative estimate of drug-likeness (QED) is 0.0223. The number of pyridine rings is 1. The summed E-state index contributed by atoms with van der Waals surface area (Å²) in [6.07, 6.45) is 9.83. The Labute approximate surface area is 378 Å². The van der Waals surface area contributed by atoms with E-state index in [0.29, 0.717) is 46.1 Å². The van der Waals surface area contributed by atoms with Crippen molar-refractivity contribution in [2.45, 2.75) is 62.4 Å². The normalized spacial score (nSPS) is 18.2. The van der Waals surface area contributed by atoms with E-state index in [1.807, 2.05) is 43.7 Å². The standard InChI is InChI=1S/C48H58N10O5S/c1-31(2)38-8-6-7-9-39(38)43-30-55(29-33(27-50-3)45(49)62-5)20-21-57(43)35-25-48(26-35)15-18-56(19-16-48)34-10-12-40(44(23-34)63-36-22-32-14-17-52-46(32)53-28-36)47(59)54-64-37-11-13-41(51-4)42(24-37)58(60)61/h6-14,17,22-24,27-28,31,35,43,49-51H,15-16,18-21,25-26,29-30H2,1-5H3,(H,52,53)(H,54,59)/b33-27-,49-45?. The molecule has 0 bridgehead atoms. The van der Waals surface area contributed by atoms with Gasteiger partial charge in [0.05, 0.1) is 23.8 Å². The second kappa shape index (κ2) is 19.3. The number of carbonyl (C=O) groups excluding carboxylic acids is 1. The Morgan fingerprint density at radius 1 is 1.06 bits per heavy atom. The van der Waals surface area contributed by atoms with E-state index >= 15 is 0 Å². The first kappa shape index (κ1) is 44.5. The summed E-state index contributed by atoms with van der Waals surface area (Å²) in [5.41, 5.74) is 6.30. The Kier molecular flexibility index (Phi) is 13.4. The third kappa shape index (κ3) is 9.54. The van der Waals surface area contributed by atoms with Crippen LogP contribution in [0, 0.1) is 20.9 Å². The number of anilines is 2. The highest BCUT2D eigenvalue weighted by Gasteiger charge is 2.50. The SMILES string of the molecule is CN/C=C(/CN1CCN(C2CC3(CCN(c4ccc(C(=O)NSc5ccc(NC)c([N+](=O)[O-])c5)c(Oc5cnc6[nH]ccc6c5)c4)CC3)C2)C(c2ccccc2C(C)C)C1)C(=N)OC. The van der Waals surface area contributed by atoms with Crippen molar-refractivity contribution in [3.63, 3.8) is 0 Å². The van der Waals surface area contributed by atoms with Crippen LogP contribution in [0.1, 0.15) is 73.0 Å². The van der Waals surface area contributed by atoms with Crippen LogP contribution in [0.2, 0.25) is 0 Å². The fourth-order valence-corrected chi connectivity index (χ4v) is 10.4. The van der Waals surface area contributed by atoms with Gasteiger partial charge < -0.3 is 30.0 Å². The topological polar surface area (TPSA) is 177 Å². The van der Waals surface area contributed by atoms with Gasteiger partial charge in [-0.1, -0.05) is 38.1 Å². The number of benzene rings is 3. The van der Waals surface area contributed by atoms with Crippen molar-refractivity contribution in [3.8, 4) is 11.5 Å². The maximum Gasteiger partial charge on any atom is 0.293 e. The molecule has 1 amide bonds. The number of hydrogen-bond acceptors (Lipinski definition) is 13. The molecule has 2 aromatic heterocycles. The second-order valence-electron chi connectivity index (χ2n) is 17.4. The van der Waals surface area contributed by atoms with Gasteiger partial charge in [-0.15, -0.1) is 0 Å². The number of rotatable bonds is 15. The van der Waals surface area contributed by atoms with E-state index < -0.39 is 4.92 Å². The molecule has 1 saturated carbocycles. The second-order valence-corrected chi connectivity index (χ2v) is 18.3. The van der Waals surface area contributed by atoms with Crippen LogP contribution in [0.25, 0.3) is 11.0 Å². The number of aromatic nitrogens is 2. The molecule has 3 fully saturated rings. The molecule has 64 heavy (non-hydrogen) atoms. The van der Waals surface area contributed by atoms with Gasteiger partial charge in [0.2, 0.25) is 5.90 Å². The zero-order valence-corrected chi connectivity index (χ0v) is 38.0. The highest BCUT2D eigenvalue weighted by molar-refractivity contribution is 7.98. The molecule has 3 aliphatic rings. The number of H-pyrrole nitrogens is 1. The van der Waals surface area contributed by atoms with Gasteiger partial charge in [-0.2, -0.15) is 0 Å². The van der Waals surface area contributed by atoms with Crippen molar-refractivity contribution >= 4 is 51.8 Å². The van der Waals surface area contributed by atoms with Crippen molar-refractivity contribution in [2.24, 2.45) is 5.41 Å². The van der Waals surface area contributed by atoms with Gasteiger partial charge in [0, 0.05) is 112 Å². The molecule has 5 aromatic rings. The van der Waals surface area contributed by atoms with E-state index in [4.69, 9.17) is 14.9 Å². The molecule has 2 aliphatic heterocycles. The molecule has 1 unspecified atom stereocenters. The van der Waals surface area contributed by atoms with Crippen molar-refractivity contribution in [3.05, 3.63) is 124 Å². The Morgan fingerprint density at radius 2 is 1.86 bits per heavy atom. The summed E-state index contributed by atoms with van der Waals surface area (Å²) in [7, 11) is 5.05. The molecule has 0 radical (unpaired) electrons. The molecule has 8 rings (SSSR count). The molecule has 3 aromatic carbocycles. The summed E-state index contributed by atoms with van der Waals surface area (Å²) in [6, 6.07) is 24.0. The van der Waals surface area contributed by atoms with E-state index in [1.165, 1.54) is 30.0 Å². The number of nitrogens with zero attached hydrogens (tertiary/aromatic N) is 5. The average Bonchev–Trinajstić information content (AvgIpc) is 3.77. The van der Waals surface area contributed by atoms with Crippen molar-refractivity contribution in [2.75, 3.05) is 70.7 Å².